The molecular formula is C4H7N2OP. The molecule has 1 rings (SSSR count). The van der Waals surface area contributed by atoms with Crippen molar-refractivity contribution in [1.29, 1.82) is 0 Å². The number of rotatable bonds is 1. The van der Waals surface area contributed by atoms with Crippen LogP contribution in [-0.2, 0) is 0 Å². The molecular weight excluding hydrogens is 123 g/mol. The number of hydrogen-bond donors (Lipinski definition) is 2. The zero-order valence-electron chi connectivity index (χ0n) is 4.24. The molecule has 0 amide bonds. The molecule has 0 aliphatic rings. The molecule has 0 atom stereocenters. The summed E-state index contributed by atoms with van der Waals surface area (Å²) in [6.45, 7) is 0. The Balaban J connectivity index is 2.77. The van der Waals surface area contributed by atoms with Crippen molar-refractivity contribution in [3.8, 4) is 0 Å². The highest BCUT2D eigenvalue weighted by Gasteiger charge is 1.99. The minimum Gasteiger partial charge on any atom is -0.462 e. The molecule has 1 aromatic heterocycles. The monoisotopic (exact) mass is 130 g/mol. The van der Waals surface area contributed by atoms with Crippen LogP contribution in [0.5, 0.6) is 0 Å². The SMILES string of the molecule is NP(N)c1ccco1. The predicted molar refractivity (Wildman–Crippen MR) is 33.6 cm³/mol. The van der Waals surface area contributed by atoms with Gasteiger partial charge in [0.25, 0.3) is 0 Å². The van der Waals surface area contributed by atoms with Gasteiger partial charge in [0.05, 0.1) is 14.5 Å². The van der Waals surface area contributed by atoms with Crippen LogP contribution in [-0.4, -0.2) is 0 Å². The van der Waals surface area contributed by atoms with Crippen LogP contribution < -0.4 is 16.5 Å². The molecule has 1 heterocycles. The highest BCUT2D eigenvalue weighted by Crippen LogP contribution is 2.11. The lowest BCUT2D eigenvalue weighted by Gasteiger charge is -1.95. The molecule has 3 nitrogen and oxygen atoms in total. The van der Waals surface area contributed by atoms with Crippen LogP contribution >= 0.6 is 8.22 Å². The summed E-state index contributed by atoms with van der Waals surface area (Å²) in [6.07, 6.45) is 1.56. The van der Waals surface area contributed by atoms with Crippen molar-refractivity contribution < 1.29 is 4.42 Å². The van der Waals surface area contributed by atoms with E-state index in [9.17, 15) is 0 Å². The minimum atomic E-state index is -1.03. The van der Waals surface area contributed by atoms with Gasteiger partial charge in [-0.2, -0.15) is 0 Å². The average Bonchev–Trinajstić information content (AvgIpc) is 2.12. The molecule has 0 radical (unpaired) electrons. The summed E-state index contributed by atoms with van der Waals surface area (Å²) in [5.74, 6) is 0. The first-order chi connectivity index (χ1) is 3.80. The lowest BCUT2D eigenvalue weighted by molar-refractivity contribution is 0.602. The number of furan rings is 1. The summed E-state index contributed by atoms with van der Waals surface area (Å²) in [5, 5.41) is 0. The number of nitrogens with two attached hydrogens (primary N) is 2. The summed E-state index contributed by atoms with van der Waals surface area (Å²) in [5.41, 5.74) is 11.3. The Bertz CT molecular complexity index is 149. The molecule has 0 aliphatic heterocycles. The smallest absolute Gasteiger partial charge is 0.155 e. The summed E-state index contributed by atoms with van der Waals surface area (Å²) in [4.78, 5) is 0. The highest BCUT2D eigenvalue weighted by molar-refractivity contribution is 7.60. The van der Waals surface area contributed by atoms with E-state index in [1.165, 1.54) is 0 Å². The Labute approximate surface area is 48.5 Å². The van der Waals surface area contributed by atoms with Crippen LogP contribution in [0.25, 0.3) is 0 Å². The molecule has 0 aromatic carbocycles. The van der Waals surface area contributed by atoms with E-state index in [1.54, 1.807) is 18.4 Å². The van der Waals surface area contributed by atoms with Crippen molar-refractivity contribution in [1.82, 2.24) is 0 Å². The summed E-state index contributed by atoms with van der Waals surface area (Å²) in [7, 11) is -1.03. The van der Waals surface area contributed by atoms with E-state index < -0.39 is 8.22 Å². The van der Waals surface area contributed by atoms with Crippen LogP contribution in [0.15, 0.2) is 22.8 Å². The summed E-state index contributed by atoms with van der Waals surface area (Å²) < 4.78 is 4.87. The second-order valence-electron chi connectivity index (χ2n) is 1.36. The maximum atomic E-state index is 5.31. The molecule has 4 heteroatoms. The molecule has 0 spiro atoms. The lowest BCUT2D eigenvalue weighted by atomic mass is 10.7. The third kappa shape index (κ3) is 1.07. The van der Waals surface area contributed by atoms with E-state index in [0.29, 0.717) is 5.50 Å². The van der Waals surface area contributed by atoms with E-state index in [1.807, 2.05) is 0 Å². The molecule has 0 bridgehead atoms. The van der Waals surface area contributed by atoms with Gasteiger partial charge < -0.3 is 4.42 Å². The average molecular weight is 130 g/mol. The Hall–Kier alpha value is -0.370. The fourth-order valence-electron chi connectivity index (χ4n) is 0.417. The van der Waals surface area contributed by atoms with E-state index in [-0.39, 0.29) is 0 Å². The molecule has 1 aromatic rings. The zero-order valence-corrected chi connectivity index (χ0v) is 5.14. The highest BCUT2D eigenvalue weighted by atomic mass is 31.1. The van der Waals surface area contributed by atoms with Gasteiger partial charge in [0.15, 0.2) is 5.50 Å². The Morgan fingerprint density at radius 2 is 2.25 bits per heavy atom. The molecule has 0 saturated heterocycles. The summed E-state index contributed by atoms with van der Waals surface area (Å²) >= 11 is 0. The molecule has 4 N–H and O–H groups in total. The van der Waals surface area contributed by atoms with Gasteiger partial charge in [-0.25, -0.2) is 0 Å². The Morgan fingerprint density at radius 3 is 2.50 bits per heavy atom. The maximum Gasteiger partial charge on any atom is 0.155 e. The lowest BCUT2D eigenvalue weighted by Crippen LogP contribution is -2.10. The zero-order chi connectivity index (χ0) is 5.98. The van der Waals surface area contributed by atoms with Crippen LogP contribution in [0.4, 0.5) is 0 Å². The first-order valence-corrected chi connectivity index (χ1v) is 3.62. The molecule has 0 fully saturated rings. The van der Waals surface area contributed by atoms with E-state index in [0.717, 1.165) is 0 Å². The summed E-state index contributed by atoms with van der Waals surface area (Å²) in [6, 6.07) is 3.54. The van der Waals surface area contributed by atoms with Crippen molar-refractivity contribution in [3.05, 3.63) is 18.4 Å². The third-order valence-electron chi connectivity index (χ3n) is 0.761. The van der Waals surface area contributed by atoms with Gasteiger partial charge in [0.1, 0.15) is 0 Å². The topological polar surface area (TPSA) is 65.2 Å². The van der Waals surface area contributed by atoms with Gasteiger partial charge in [-0.15, -0.1) is 0 Å². The Kier molecular flexibility index (Phi) is 1.63. The van der Waals surface area contributed by atoms with Crippen molar-refractivity contribution in [2.24, 2.45) is 11.0 Å². The first kappa shape index (κ1) is 5.76. The van der Waals surface area contributed by atoms with Crippen LogP contribution in [0.3, 0.4) is 0 Å². The van der Waals surface area contributed by atoms with Crippen LogP contribution in [0.2, 0.25) is 0 Å². The molecule has 44 valence electrons. The third-order valence-corrected chi connectivity index (χ3v) is 1.52. The fraction of sp³-hybridized carbons (Fsp3) is 0. The van der Waals surface area contributed by atoms with Crippen molar-refractivity contribution in [2.45, 2.75) is 0 Å². The Morgan fingerprint density at radius 1 is 1.50 bits per heavy atom. The van der Waals surface area contributed by atoms with Crippen LogP contribution in [0.1, 0.15) is 0 Å². The van der Waals surface area contributed by atoms with E-state index in [2.05, 4.69) is 0 Å². The first-order valence-electron chi connectivity index (χ1n) is 2.14. The normalized spacial score (nSPS) is 10.4. The van der Waals surface area contributed by atoms with Gasteiger partial charge in [-0.3, -0.25) is 11.0 Å². The van der Waals surface area contributed by atoms with Crippen molar-refractivity contribution in [3.63, 3.8) is 0 Å². The van der Waals surface area contributed by atoms with Crippen molar-refractivity contribution >= 4 is 13.7 Å². The van der Waals surface area contributed by atoms with E-state index in [4.69, 9.17) is 15.4 Å². The van der Waals surface area contributed by atoms with Gasteiger partial charge in [0, 0.05) is 0 Å². The van der Waals surface area contributed by atoms with Crippen molar-refractivity contribution in [2.75, 3.05) is 0 Å². The second-order valence-corrected chi connectivity index (χ2v) is 2.61. The van der Waals surface area contributed by atoms with Gasteiger partial charge in [-0.05, 0) is 12.1 Å². The van der Waals surface area contributed by atoms with Crippen LogP contribution in [0, 0.1) is 0 Å². The molecule has 8 heavy (non-hydrogen) atoms. The van der Waals surface area contributed by atoms with E-state index >= 15 is 0 Å². The molecule has 0 unspecified atom stereocenters. The predicted octanol–water partition coefficient (Wildman–Crippen LogP) is 0.134. The second kappa shape index (κ2) is 2.27. The fourth-order valence-corrected chi connectivity index (χ4v) is 0.858. The minimum absolute atomic E-state index is 0.681. The van der Waals surface area contributed by atoms with Gasteiger partial charge in [-0.1, -0.05) is 0 Å². The quantitative estimate of drug-likeness (QED) is 0.531. The maximum absolute atomic E-state index is 5.31. The standard InChI is InChI=1S/C4H7N2OP/c5-8(6)4-2-1-3-7-4/h1-3H,5-6H2. The largest absolute Gasteiger partial charge is 0.462 e. The van der Waals surface area contributed by atoms with Gasteiger partial charge in [0.2, 0.25) is 0 Å². The molecule has 0 saturated carbocycles. The van der Waals surface area contributed by atoms with Gasteiger partial charge >= 0.3 is 0 Å². The number of hydrogen-bond acceptors (Lipinski definition) is 3. The molecule has 0 aliphatic carbocycles.